The van der Waals surface area contributed by atoms with Gasteiger partial charge in [-0.15, -0.1) is 0 Å². The van der Waals surface area contributed by atoms with Crippen LogP contribution in [0.3, 0.4) is 0 Å². The Labute approximate surface area is 554 Å². The number of hydrogen-bond acceptors (Lipinski definition) is 7. The lowest BCUT2D eigenvalue weighted by Gasteiger charge is -2.30. The molecule has 1 amide bonds. The second-order valence-corrected chi connectivity index (χ2v) is 29.3. The highest BCUT2D eigenvalue weighted by molar-refractivity contribution is 7.45. The van der Waals surface area contributed by atoms with E-state index in [0.717, 1.165) is 64.2 Å². The van der Waals surface area contributed by atoms with Gasteiger partial charge in [0.25, 0.3) is 7.82 Å². The van der Waals surface area contributed by atoms with Gasteiger partial charge in [0, 0.05) is 12.8 Å². The van der Waals surface area contributed by atoms with Gasteiger partial charge >= 0.3 is 5.97 Å². The fourth-order valence-corrected chi connectivity index (χ4v) is 12.5. The molecular weight excluding hydrogens is 1120 g/mol. The number of carbonyl (C=O) groups is 2. The quantitative estimate of drug-likeness (QED) is 0.0212. The van der Waals surface area contributed by atoms with E-state index in [-0.39, 0.29) is 31.5 Å². The number of phosphoric acid groups is 1. The summed E-state index contributed by atoms with van der Waals surface area (Å²) in [4.78, 5) is 40.3. The van der Waals surface area contributed by atoms with Crippen LogP contribution >= 0.6 is 7.82 Å². The van der Waals surface area contributed by atoms with Crippen molar-refractivity contribution in [2.45, 2.75) is 405 Å². The van der Waals surface area contributed by atoms with Gasteiger partial charge in [-0.3, -0.25) is 14.2 Å². The maximum Gasteiger partial charge on any atom is 0.306 e. The molecule has 0 saturated carbocycles. The Balaban J connectivity index is 4.87. The van der Waals surface area contributed by atoms with E-state index in [0.29, 0.717) is 17.4 Å². The molecule has 9 nitrogen and oxygen atoms in total. The standard InChI is InChI=1S/C79H151N2O7P/c1-7-10-13-16-19-22-25-27-29-31-33-35-37-39-40-42-44-46-48-50-52-54-57-60-63-66-69-72-79(83)88-77(70-67-64-61-58-55-24-21-18-15-12-9-3)76(75-87-89(84,85)86-74-73-81(4,5)6)80-78(82)71-68-65-62-59-56-53-51-49-47-45-43-41-38-36-34-32-30-28-26-23-20-17-14-11-8-2/h20,23,27-30,67,70,76-77H,7-19,21-22,24-26,31-66,68-69,71-75H2,1-6H3,(H-,80,82,84,85)/b23-20-,29-27+,30-28-,70-67+. The lowest BCUT2D eigenvalue weighted by atomic mass is 10.0. The van der Waals surface area contributed by atoms with Crippen LogP contribution in [0.4, 0.5) is 0 Å². The van der Waals surface area contributed by atoms with Crippen LogP contribution < -0.4 is 10.2 Å². The zero-order valence-electron chi connectivity index (χ0n) is 60.2. The van der Waals surface area contributed by atoms with Crippen molar-refractivity contribution in [2.75, 3.05) is 40.9 Å². The van der Waals surface area contributed by atoms with Gasteiger partial charge in [-0.2, -0.15) is 0 Å². The number of ether oxygens (including phenoxy) is 1. The number of rotatable bonds is 72. The third-order valence-electron chi connectivity index (χ3n) is 17.7. The van der Waals surface area contributed by atoms with Gasteiger partial charge in [-0.25, -0.2) is 0 Å². The van der Waals surface area contributed by atoms with E-state index >= 15 is 0 Å². The zero-order chi connectivity index (χ0) is 64.9. The summed E-state index contributed by atoms with van der Waals surface area (Å²) >= 11 is 0. The molecule has 0 spiro atoms. The average molecular weight is 1270 g/mol. The third-order valence-corrected chi connectivity index (χ3v) is 18.7. The Hall–Kier alpha value is -2.03. The van der Waals surface area contributed by atoms with E-state index in [9.17, 15) is 19.0 Å². The molecule has 0 saturated heterocycles. The molecule has 0 aromatic rings. The van der Waals surface area contributed by atoms with Gasteiger partial charge in [0.1, 0.15) is 19.3 Å². The first kappa shape index (κ1) is 87.0. The van der Waals surface area contributed by atoms with E-state index in [1.54, 1.807) is 0 Å². The number of carbonyl (C=O) groups excluding carboxylic acids is 2. The molecule has 0 aliphatic rings. The number of amides is 1. The van der Waals surface area contributed by atoms with Crippen LogP contribution in [-0.2, 0) is 27.9 Å². The lowest BCUT2D eigenvalue weighted by molar-refractivity contribution is -0.870. The van der Waals surface area contributed by atoms with Gasteiger partial charge in [0.05, 0.1) is 33.8 Å². The van der Waals surface area contributed by atoms with E-state index in [1.165, 1.54) is 295 Å². The van der Waals surface area contributed by atoms with Crippen LogP contribution in [0.1, 0.15) is 393 Å². The molecule has 3 unspecified atom stereocenters. The van der Waals surface area contributed by atoms with Crippen molar-refractivity contribution in [1.82, 2.24) is 5.32 Å². The van der Waals surface area contributed by atoms with Crippen molar-refractivity contribution in [3.63, 3.8) is 0 Å². The lowest BCUT2D eigenvalue weighted by Crippen LogP contribution is -2.47. The van der Waals surface area contributed by atoms with Gasteiger partial charge < -0.3 is 28.5 Å². The van der Waals surface area contributed by atoms with Crippen LogP contribution in [0.25, 0.3) is 0 Å². The summed E-state index contributed by atoms with van der Waals surface area (Å²) in [6.07, 6.45) is 88.3. The van der Waals surface area contributed by atoms with E-state index < -0.39 is 20.0 Å². The first-order valence-corrected chi connectivity index (χ1v) is 40.4. The highest BCUT2D eigenvalue weighted by Gasteiger charge is 2.27. The minimum Gasteiger partial charge on any atom is -0.756 e. The van der Waals surface area contributed by atoms with E-state index in [4.69, 9.17) is 13.8 Å². The number of nitrogens with one attached hydrogen (secondary N) is 1. The number of phosphoric ester groups is 1. The minimum atomic E-state index is -4.70. The summed E-state index contributed by atoms with van der Waals surface area (Å²) in [7, 11) is 1.20. The van der Waals surface area contributed by atoms with Gasteiger partial charge in [-0.05, 0) is 89.5 Å². The minimum absolute atomic E-state index is 0.0200. The van der Waals surface area contributed by atoms with Gasteiger partial charge in [-0.1, -0.05) is 339 Å². The molecule has 0 heterocycles. The Kier molecular flexibility index (Phi) is 67.2. The Morgan fingerprint density at radius 3 is 1.04 bits per heavy atom. The number of nitrogens with zero attached hydrogens (tertiary/aromatic N) is 1. The Morgan fingerprint density at radius 1 is 0.393 bits per heavy atom. The van der Waals surface area contributed by atoms with E-state index in [2.05, 4.69) is 62.5 Å². The molecule has 0 radical (unpaired) electrons. The summed E-state index contributed by atoms with van der Waals surface area (Å²) in [5.74, 6) is -0.521. The number of allylic oxidation sites excluding steroid dienone is 7. The number of quaternary nitrogens is 1. The second-order valence-electron chi connectivity index (χ2n) is 27.9. The molecular formula is C79H151N2O7P. The highest BCUT2D eigenvalue weighted by Crippen LogP contribution is 2.38. The smallest absolute Gasteiger partial charge is 0.306 e. The van der Waals surface area contributed by atoms with Crippen LogP contribution in [0.5, 0.6) is 0 Å². The highest BCUT2D eigenvalue weighted by atomic mass is 31.2. The molecule has 0 aliphatic carbocycles. The van der Waals surface area contributed by atoms with Crippen molar-refractivity contribution < 1.29 is 37.3 Å². The number of esters is 1. The second kappa shape index (κ2) is 68.8. The molecule has 0 bridgehead atoms. The first-order chi connectivity index (χ1) is 43.4. The van der Waals surface area contributed by atoms with E-state index in [1.807, 2.05) is 33.3 Å². The predicted octanol–water partition coefficient (Wildman–Crippen LogP) is 24.5. The SMILES string of the molecule is CCCCC/C=C\C/C=C\CCCCCCCCCCCCCCCCCC(=O)NC(COP(=O)([O-])OCC[N+](C)(C)C)C(/C=C/CCCCCCCCCCC)OC(=O)CCCCCCCCCCCCCCCCCCC/C=C/CCCCCCCC. The summed E-state index contributed by atoms with van der Waals surface area (Å²) in [6, 6.07) is -0.887. The van der Waals surface area contributed by atoms with Crippen LogP contribution in [-0.4, -0.2) is 69.4 Å². The predicted molar refractivity (Wildman–Crippen MR) is 386 cm³/mol. The van der Waals surface area contributed by atoms with Crippen molar-refractivity contribution in [2.24, 2.45) is 0 Å². The van der Waals surface area contributed by atoms with Crippen molar-refractivity contribution in [1.29, 1.82) is 0 Å². The molecule has 3 atom stereocenters. The first-order valence-electron chi connectivity index (χ1n) is 38.9. The number of likely N-dealkylation sites (N-methyl/N-ethyl adjacent to an activating group) is 1. The Morgan fingerprint density at radius 2 is 0.685 bits per heavy atom. The molecule has 0 aromatic heterocycles. The normalized spacial score (nSPS) is 13.7. The summed E-state index contributed by atoms with van der Waals surface area (Å²) < 4.78 is 30.5. The number of hydrogen-bond donors (Lipinski definition) is 1. The fraction of sp³-hybridized carbons (Fsp3) is 0.873. The van der Waals surface area contributed by atoms with Crippen LogP contribution in [0, 0.1) is 0 Å². The average Bonchev–Trinajstić information content (AvgIpc) is 3.62. The van der Waals surface area contributed by atoms with Crippen molar-refractivity contribution in [3.05, 3.63) is 48.6 Å². The van der Waals surface area contributed by atoms with Crippen LogP contribution in [0.2, 0.25) is 0 Å². The molecule has 1 N–H and O–H groups in total. The van der Waals surface area contributed by atoms with Gasteiger partial charge in [0.15, 0.2) is 0 Å². The molecule has 524 valence electrons. The molecule has 10 heteroatoms. The molecule has 0 aliphatic heterocycles. The monoisotopic (exact) mass is 1270 g/mol. The van der Waals surface area contributed by atoms with Crippen molar-refractivity contribution in [3.8, 4) is 0 Å². The zero-order valence-corrected chi connectivity index (χ0v) is 61.1. The Bertz CT molecular complexity index is 1660. The third kappa shape index (κ3) is 70.1. The molecule has 0 rings (SSSR count). The topological polar surface area (TPSA) is 114 Å². The molecule has 89 heavy (non-hydrogen) atoms. The summed E-state index contributed by atoms with van der Waals surface area (Å²) in [5, 5.41) is 3.05. The van der Waals surface area contributed by atoms with Gasteiger partial charge in [0.2, 0.25) is 5.91 Å². The maximum absolute atomic E-state index is 13.6. The fourth-order valence-electron chi connectivity index (χ4n) is 11.7. The molecule has 0 fully saturated rings. The largest absolute Gasteiger partial charge is 0.756 e. The molecule has 0 aromatic carbocycles. The van der Waals surface area contributed by atoms with Crippen molar-refractivity contribution >= 4 is 19.7 Å². The number of unbranched alkanes of at least 4 members (excludes halogenated alkanes) is 50. The summed E-state index contributed by atoms with van der Waals surface area (Å²) in [5.41, 5.74) is 0. The van der Waals surface area contributed by atoms with Crippen LogP contribution in [0.15, 0.2) is 48.6 Å². The maximum atomic E-state index is 13.6. The summed E-state index contributed by atoms with van der Waals surface area (Å²) in [6.45, 7) is 6.87.